The maximum absolute atomic E-state index is 12.4. The molecule has 0 fully saturated rings. The van der Waals surface area contributed by atoms with Crippen LogP contribution in [0.3, 0.4) is 0 Å². The van der Waals surface area contributed by atoms with E-state index >= 15 is 0 Å². The number of rotatable bonds is 5. The molecule has 0 radical (unpaired) electrons. The molecule has 1 aromatic heterocycles. The minimum absolute atomic E-state index is 0.171. The summed E-state index contributed by atoms with van der Waals surface area (Å²) in [5, 5.41) is 0.793. The van der Waals surface area contributed by atoms with Crippen molar-refractivity contribution < 1.29 is 13.9 Å². The molecule has 3 aromatic rings. The van der Waals surface area contributed by atoms with Gasteiger partial charge in [0.25, 0.3) is 0 Å². The van der Waals surface area contributed by atoms with E-state index in [1.54, 1.807) is 36.4 Å². The van der Waals surface area contributed by atoms with Crippen molar-refractivity contribution in [1.82, 2.24) is 4.98 Å². The maximum atomic E-state index is 12.4. The molecular weight excluding hydrogens is 330 g/mol. The van der Waals surface area contributed by atoms with Gasteiger partial charge in [-0.25, -0.2) is 9.78 Å². The Balaban J connectivity index is 2.22. The Morgan fingerprint density at radius 2 is 1.75 bits per heavy atom. The lowest BCUT2D eigenvalue weighted by Gasteiger charge is -2.12. The Morgan fingerprint density at radius 3 is 2.42 bits per heavy atom. The van der Waals surface area contributed by atoms with Gasteiger partial charge in [0.05, 0.1) is 34.7 Å². The van der Waals surface area contributed by atoms with E-state index in [4.69, 9.17) is 25.5 Å². The van der Waals surface area contributed by atoms with Crippen molar-refractivity contribution in [3.05, 3.63) is 51.8 Å². The van der Waals surface area contributed by atoms with Crippen LogP contribution in [-0.4, -0.2) is 18.2 Å². The minimum Gasteiger partial charge on any atom is -0.490 e. The lowest BCUT2D eigenvalue weighted by Crippen LogP contribution is -2.05. The third kappa shape index (κ3) is 3.08. The SMILES string of the molecule is CCOc1cc2nc(-c3ccccc3Cl)oc(=O)c2cc1OCC. The molecule has 0 bridgehead atoms. The zero-order valence-corrected chi connectivity index (χ0v) is 14.1. The Kier molecular flexibility index (Phi) is 4.71. The van der Waals surface area contributed by atoms with Crippen LogP contribution in [0.25, 0.3) is 22.4 Å². The molecule has 124 valence electrons. The average Bonchev–Trinajstić information content (AvgIpc) is 2.56. The van der Waals surface area contributed by atoms with Crippen LogP contribution < -0.4 is 15.1 Å². The summed E-state index contributed by atoms with van der Waals surface area (Å²) < 4.78 is 16.5. The molecule has 0 unspecified atom stereocenters. The highest BCUT2D eigenvalue weighted by molar-refractivity contribution is 6.33. The van der Waals surface area contributed by atoms with Crippen LogP contribution in [0.15, 0.2) is 45.6 Å². The number of halogens is 1. The second-order valence-corrected chi connectivity index (χ2v) is 5.38. The summed E-state index contributed by atoms with van der Waals surface area (Å²) in [6.45, 7) is 4.68. The first-order valence-electron chi connectivity index (χ1n) is 7.63. The molecule has 0 atom stereocenters. The molecule has 24 heavy (non-hydrogen) atoms. The average molecular weight is 346 g/mol. The van der Waals surface area contributed by atoms with Crippen molar-refractivity contribution in [3.63, 3.8) is 0 Å². The van der Waals surface area contributed by atoms with Crippen molar-refractivity contribution in [2.24, 2.45) is 0 Å². The molecule has 0 spiro atoms. The van der Waals surface area contributed by atoms with Gasteiger partial charge in [0.15, 0.2) is 11.5 Å². The fraction of sp³-hybridized carbons (Fsp3) is 0.222. The van der Waals surface area contributed by atoms with Crippen LogP contribution in [0, 0.1) is 0 Å². The number of fused-ring (bicyclic) bond motifs is 1. The summed E-state index contributed by atoms with van der Waals surface area (Å²) in [5.74, 6) is 1.20. The number of hydrogen-bond donors (Lipinski definition) is 0. The van der Waals surface area contributed by atoms with Gasteiger partial charge in [-0.1, -0.05) is 23.7 Å². The first-order valence-corrected chi connectivity index (χ1v) is 8.01. The zero-order chi connectivity index (χ0) is 17.1. The molecule has 0 aliphatic carbocycles. The van der Waals surface area contributed by atoms with E-state index in [2.05, 4.69) is 4.98 Å². The molecule has 5 nitrogen and oxygen atoms in total. The van der Waals surface area contributed by atoms with E-state index < -0.39 is 5.63 Å². The Hall–Kier alpha value is -2.53. The Morgan fingerprint density at radius 1 is 1.08 bits per heavy atom. The molecule has 0 aliphatic rings. The first-order chi connectivity index (χ1) is 11.6. The van der Waals surface area contributed by atoms with E-state index in [0.29, 0.717) is 46.2 Å². The molecule has 0 aliphatic heterocycles. The number of ether oxygens (including phenoxy) is 2. The van der Waals surface area contributed by atoms with Crippen LogP contribution >= 0.6 is 11.6 Å². The predicted molar refractivity (Wildman–Crippen MR) is 93.1 cm³/mol. The van der Waals surface area contributed by atoms with Gasteiger partial charge in [-0.15, -0.1) is 0 Å². The fourth-order valence-electron chi connectivity index (χ4n) is 2.37. The van der Waals surface area contributed by atoms with Crippen LogP contribution in [0.1, 0.15) is 13.8 Å². The summed E-state index contributed by atoms with van der Waals surface area (Å²) >= 11 is 6.16. The third-order valence-electron chi connectivity index (χ3n) is 3.40. The Labute approximate surface area is 143 Å². The normalized spacial score (nSPS) is 10.8. The second-order valence-electron chi connectivity index (χ2n) is 4.97. The highest BCUT2D eigenvalue weighted by Gasteiger charge is 2.15. The quantitative estimate of drug-likeness (QED) is 0.689. The lowest BCUT2D eigenvalue weighted by molar-refractivity contribution is 0.288. The smallest absolute Gasteiger partial charge is 0.347 e. The zero-order valence-electron chi connectivity index (χ0n) is 13.3. The summed E-state index contributed by atoms with van der Waals surface area (Å²) in [6.07, 6.45) is 0. The van der Waals surface area contributed by atoms with E-state index in [1.807, 2.05) is 13.8 Å². The summed E-state index contributed by atoms with van der Waals surface area (Å²) in [5.41, 5.74) is 0.525. The van der Waals surface area contributed by atoms with E-state index in [0.717, 1.165) is 0 Å². The van der Waals surface area contributed by atoms with E-state index in [1.165, 1.54) is 0 Å². The van der Waals surface area contributed by atoms with Gasteiger partial charge in [0.2, 0.25) is 5.89 Å². The standard InChI is InChI=1S/C18H16ClNO4/c1-3-22-15-9-12-14(10-16(15)23-4-2)20-17(24-18(12)21)11-7-5-6-8-13(11)19/h5-10H,3-4H2,1-2H3. The van der Waals surface area contributed by atoms with Gasteiger partial charge >= 0.3 is 5.63 Å². The van der Waals surface area contributed by atoms with Crippen LogP contribution in [0.5, 0.6) is 11.5 Å². The van der Waals surface area contributed by atoms with Crippen molar-refractivity contribution >= 4 is 22.5 Å². The molecule has 0 saturated carbocycles. The summed E-state index contributed by atoms with van der Waals surface area (Å²) in [7, 11) is 0. The van der Waals surface area contributed by atoms with Gasteiger partial charge in [0.1, 0.15) is 0 Å². The molecular formula is C18H16ClNO4. The topological polar surface area (TPSA) is 61.6 Å². The number of hydrogen-bond acceptors (Lipinski definition) is 5. The van der Waals surface area contributed by atoms with Crippen molar-refractivity contribution in [2.45, 2.75) is 13.8 Å². The molecule has 2 aromatic carbocycles. The van der Waals surface area contributed by atoms with Crippen LogP contribution in [0.4, 0.5) is 0 Å². The molecule has 1 heterocycles. The molecule has 0 amide bonds. The molecule has 0 saturated heterocycles. The van der Waals surface area contributed by atoms with E-state index in [-0.39, 0.29) is 5.89 Å². The monoisotopic (exact) mass is 345 g/mol. The first kappa shape index (κ1) is 16.3. The van der Waals surface area contributed by atoms with Crippen molar-refractivity contribution in [1.29, 1.82) is 0 Å². The van der Waals surface area contributed by atoms with E-state index in [9.17, 15) is 4.79 Å². The maximum Gasteiger partial charge on any atom is 0.347 e. The highest BCUT2D eigenvalue weighted by Crippen LogP contribution is 2.32. The largest absolute Gasteiger partial charge is 0.490 e. The van der Waals surface area contributed by atoms with Gasteiger partial charge in [0, 0.05) is 12.1 Å². The van der Waals surface area contributed by atoms with Gasteiger partial charge in [-0.2, -0.15) is 0 Å². The predicted octanol–water partition coefficient (Wildman–Crippen LogP) is 4.31. The summed E-state index contributed by atoms with van der Waals surface area (Å²) in [6, 6.07) is 10.3. The van der Waals surface area contributed by atoms with Crippen LogP contribution in [0.2, 0.25) is 5.02 Å². The molecule has 6 heteroatoms. The fourth-order valence-corrected chi connectivity index (χ4v) is 2.58. The van der Waals surface area contributed by atoms with Gasteiger partial charge < -0.3 is 13.9 Å². The number of aromatic nitrogens is 1. The second kappa shape index (κ2) is 6.93. The third-order valence-corrected chi connectivity index (χ3v) is 3.73. The van der Waals surface area contributed by atoms with Crippen LogP contribution in [-0.2, 0) is 0 Å². The van der Waals surface area contributed by atoms with Crippen molar-refractivity contribution in [2.75, 3.05) is 13.2 Å². The lowest BCUT2D eigenvalue weighted by atomic mass is 10.2. The number of benzene rings is 2. The van der Waals surface area contributed by atoms with Gasteiger partial charge in [-0.3, -0.25) is 0 Å². The minimum atomic E-state index is -0.501. The Bertz CT molecular complexity index is 936. The van der Waals surface area contributed by atoms with Gasteiger partial charge in [-0.05, 0) is 26.0 Å². The molecule has 0 N–H and O–H groups in total. The highest BCUT2D eigenvalue weighted by atomic mass is 35.5. The van der Waals surface area contributed by atoms with Crippen molar-refractivity contribution in [3.8, 4) is 23.0 Å². The molecule has 3 rings (SSSR count). The summed E-state index contributed by atoms with van der Waals surface area (Å²) in [4.78, 5) is 16.8. The number of nitrogens with zero attached hydrogens (tertiary/aromatic N) is 1.